The van der Waals surface area contributed by atoms with Crippen molar-refractivity contribution in [2.75, 3.05) is 20.7 Å². The van der Waals surface area contributed by atoms with E-state index in [4.69, 9.17) is 5.26 Å². The predicted octanol–water partition coefficient (Wildman–Crippen LogP) is 2.32. The van der Waals surface area contributed by atoms with Crippen LogP contribution in [-0.2, 0) is 6.54 Å². The highest BCUT2D eigenvalue weighted by Gasteiger charge is 2.11. The molecule has 0 radical (unpaired) electrons. The summed E-state index contributed by atoms with van der Waals surface area (Å²) >= 11 is 0. The van der Waals surface area contributed by atoms with E-state index in [9.17, 15) is 8.78 Å². The fraction of sp³-hybridized carbons (Fsp3) is 0.417. The number of rotatable bonds is 5. The normalized spacial score (nSPS) is 10.4. The molecule has 0 amide bonds. The van der Waals surface area contributed by atoms with Gasteiger partial charge in [0.05, 0.1) is 13.2 Å². The highest BCUT2D eigenvalue weighted by atomic mass is 19.1. The van der Waals surface area contributed by atoms with Crippen molar-refractivity contribution in [3.63, 3.8) is 0 Å². The lowest BCUT2D eigenvalue weighted by Gasteiger charge is -2.16. The van der Waals surface area contributed by atoms with Gasteiger partial charge in [-0.25, -0.2) is 8.78 Å². The Balaban J connectivity index is 2.78. The van der Waals surface area contributed by atoms with Crippen LogP contribution in [-0.4, -0.2) is 25.6 Å². The molecular formula is C12H14F2N2O. The average molecular weight is 240 g/mol. The topological polar surface area (TPSA) is 36.3 Å². The van der Waals surface area contributed by atoms with E-state index in [1.165, 1.54) is 7.11 Å². The largest absolute Gasteiger partial charge is 0.494 e. The quantitative estimate of drug-likeness (QED) is 0.792. The second-order valence-corrected chi connectivity index (χ2v) is 3.72. The van der Waals surface area contributed by atoms with Crippen LogP contribution in [0, 0.1) is 23.0 Å². The van der Waals surface area contributed by atoms with Gasteiger partial charge in [-0.3, -0.25) is 0 Å². The number of nitriles is 1. The molecule has 0 saturated carbocycles. The molecule has 1 aromatic rings. The molecule has 0 saturated heterocycles. The summed E-state index contributed by atoms with van der Waals surface area (Å²) in [5.74, 6) is -1.20. The van der Waals surface area contributed by atoms with Crippen LogP contribution in [0.3, 0.4) is 0 Å². The minimum absolute atomic E-state index is 0.106. The van der Waals surface area contributed by atoms with Crippen molar-refractivity contribution in [2.24, 2.45) is 0 Å². The highest BCUT2D eigenvalue weighted by Crippen LogP contribution is 2.21. The van der Waals surface area contributed by atoms with Crippen molar-refractivity contribution >= 4 is 0 Å². The standard InChI is InChI=1S/C12H14F2N2O/c1-16(5-3-4-15)8-9-6-11(14)12(17-2)7-10(9)13/h6-7H,3,5,8H2,1-2H3. The van der Waals surface area contributed by atoms with Crippen LogP contribution in [0.2, 0.25) is 0 Å². The molecule has 0 spiro atoms. The number of benzene rings is 1. The summed E-state index contributed by atoms with van der Waals surface area (Å²) in [4.78, 5) is 1.76. The fourth-order valence-electron chi connectivity index (χ4n) is 1.46. The van der Waals surface area contributed by atoms with Gasteiger partial charge >= 0.3 is 0 Å². The summed E-state index contributed by atoms with van der Waals surface area (Å²) < 4.78 is 31.6. The SMILES string of the molecule is COc1cc(F)c(CN(C)CCC#N)cc1F. The number of ether oxygens (including phenoxy) is 1. The maximum atomic E-state index is 13.6. The molecule has 0 N–H and O–H groups in total. The minimum atomic E-state index is -0.586. The first kappa shape index (κ1) is 13.4. The van der Waals surface area contributed by atoms with Gasteiger partial charge in [0.15, 0.2) is 11.6 Å². The summed E-state index contributed by atoms with van der Waals surface area (Å²) in [5.41, 5.74) is 0.253. The zero-order valence-corrected chi connectivity index (χ0v) is 9.83. The second-order valence-electron chi connectivity index (χ2n) is 3.72. The molecule has 1 aromatic carbocycles. The number of hydrogen-bond donors (Lipinski definition) is 0. The van der Waals surface area contributed by atoms with Gasteiger partial charge in [-0.2, -0.15) is 5.26 Å². The Morgan fingerprint density at radius 1 is 1.35 bits per heavy atom. The molecule has 0 aliphatic heterocycles. The highest BCUT2D eigenvalue weighted by molar-refractivity contribution is 5.30. The van der Waals surface area contributed by atoms with Crippen molar-refractivity contribution in [1.82, 2.24) is 4.90 Å². The zero-order valence-electron chi connectivity index (χ0n) is 9.83. The summed E-state index contributed by atoms with van der Waals surface area (Å²) in [5, 5.41) is 8.42. The molecule has 0 unspecified atom stereocenters. The Bertz CT molecular complexity index is 429. The Morgan fingerprint density at radius 3 is 2.65 bits per heavy atom. The van der Waals surface area contributed by atoms with Gasteiger partial charge in [-0.15, -0.1) is 0 Å². The second kappa shape index (κ2) is 6.16. The molecule has 0 atom stereocenters. The van der Waals surface area contributed by atoms with E-state index in [0.29, 0.717) is 13.0 Å². The fourth-order valence-corrected chi connectivity index (χ4v) is 1.46. The summed E-state index contributed by atoms with van der Waals surface area (Å²) in [6.45, 7) is 0.776. The lowest BCUT2D eigenvalue weighted by atomic mass is 10.2. The molecule has 92 valence electrons. The molecule has 0 aromatic heterocycles. The van der Waals surface area contributed by atoms with Gasteiger partial charge in [-0.1, -0.05) is 0 Å². The van der Waals surface area contributed by atoms with Crippen LogP contribution in [0.15, 0.2) is 12.1 Å². The van der Waals surface area contributed by atoms with Crippen molar-refractivity contribution in [1.29, 1.82) is 5.26 Å². The van der Waals surface area contributed by atoms with Gasteiger partial charge in [0.1, 0.15) is 5.82 Å². The van der Waals surface area contributed by atoms with Crippen LogP contribution in [0.25, 0.3) is 0 Å². The van der Waals surface area contributed by atoms with Gasteiger partial charge in [0, 0.05) is 31.1 Å². The van der Waals surface area contributed by atoms with Crippen LogP contribution in [0.4, 0.5) is 8.78 Å². The van der Waals surface area contributed by atoms with E-state index in [2.05, 4.69) is 4.74 Å². The smallest absolute Gasteiger partial charge is 0.165 e. The minimum Gasteiger partial charge on any atom is -0.494 e. The maximum absolute atomic E-state index is 13.6. The Hall–Kier alpha value is -1.67. The van der Waals surface area contributed by atoms with Gasteiger partial charge in [0.25, 0.3) is 0 Å². The third kappa shape index (κ3) is 3.68. The summed E-state index contributed by atoms with van der Waals surface area (Å²) in [6, 6.07) is 4.15. The van der Waals surface area contributed by atoms with E-state index >= 15 is 0 Å². The summed E-state index contributed by atoms with van der Waals surface area (Å²) in [6.07, 6.45) is 0.358. The Kier molecular flexibility index (Phi) is 4.85. The molecule has 5 heteroatoms. The van der Waals surface area contributed by atoms with E-state index < -0.39 is 11.6 Å². The van der Waals surface area contributed by atoms with E-state index in [-0.39, 0.29) is 17.9 Å². The van der Waals surface area contributed by atoms with E-state index in [1.807, 2.05) is 6.07 Å². The molecule has 3 nitrogen and oxygen atoms in total. The van der Waals surface area contributed by atoms with Gasteiger partial charge in [-0.05, 0) is 13.1 Å². The zero-order chi connectivity index (χ0) is 12.8. The van der Waals surface area contributed by atoms with Crippen LogP contribution < -0.4 is 4.74 Å². The number of hydrogen-bond acceptors (Lipinski definition) is 3. The predicted molar refractivity (Wildman–Crippen MR) is 59.5 cm³/mol. The Labute approximate surface area is 99.2 Å². The number of methoxy groups -OCH3 is 1. The Morgan fingerprint density at radius 2 is 2.06 bits per heavy atom. The first-order valence-electron chi connectivity index (χ1n) is 5.16. The lowest BCUT2D eigenvalue weighted by molar-refractivity contribution is 0.326. The molecule has 0 fully saturated rings. The maximum Gasteiger partial charge on any atom is 0.165 e. The van der Waals surface area contributed by atoms with Crippen LogP contribution in [0.5, 0.6) is 5.75 Å². The van der Waals surface area contributed by atoms with Crippen LogP contribution in [0.1, 0.15) is 12.0 Å². The molecule has 1 rings (SSSR count). The van der Waals surface area contributed by atoms with Crippen molar-refractivity contribution in [3.05, 3.63) is 29.3 Å². The molecule has 0 aliphatic carbocycles. The molecule has 0 bridgehead atoms. The van der Waals surface area contributed by atoms with Crippen LogP contribution >= 0.6 is 0 Å². The van der Waals surface area contributed by atoms with Crippen molar-refractivity contribution in [2.45, 2.75) is 13.0 Å². The molecular weight excluding hydrogens is 226 g/mol. The third-order valence-corrected chi connectivity index (χ3v) is 2.37. The lowest BCUT2D eigenvalue weighted by Crippen LogP contribution is -2.19. The monoisotopic (exact) mass is 240 g/mol. The van der Waals surface area contributed by atoms with E-state index in [1.54, 1.807) is 11.9 Å². The number of nitrogens with zero attached hydrogens (tertiary/aromatic N) is 2. The first-order valence-corrected chi connectivity index (χ1v) is 5.16. The van der Waals surface area contributed by atoms with Crippen molar-refractivity contribution in [3.8, 4) is 11.8 Å². The van der Waals surface area contributed by atoms with Crippen molar-refractivity contribution < 1.29 is 13.5 Å². The number of halogens is 2. The van der Waals surface area contributed by atoms with Gasteiger partial charge in [0.2, 0.25) is 0 Å². The summed E-state index contributed by atoms with van der Waals surface area (Å²) in [7, 11) is 3.04. The van der Waals surface area contributed by atoms with E-state index in [0.717, 1.165) is 12.1 Å². The third-order valence-electron chi connectivity index (χ3n) is 2.37. The molecule has 0 aliphatic rings. The molecule has 17 heavy (non-hydrogen) atoms. The van der Waals surface area contributed by atoms with Gasteiger partial charge < -0.3 is 9.64 Å². The average Bonchev–Trinajstić information content (AvgIpc) is 2.30. The molecule has 0 heterocycles. The first-order chi connectivity index (χ1) is 8.08.